The molecule has 19 heavy (non-hydrogen) atoms. The van der Waals surface area contributed by atoms with Crippen LogP contribution in [0, 0.1) is 0 Å². The largest absolute Gasteiger partial charge is 0.471 e. The lowest BCUT2D eigenvalue weighted by molar-refractivity contribution is -0.175. The Labute approximate surface area is 106 Å². The molecule has 0 spiro atoms. The molecule has 1 aromatic carbocycles. The van der Waals surface area contributed by atoms with Gasteiger partial charge in [0, 0.05) is 6.42 Å². The normalized spacial score (nSPS) is 23.0. The van der Waals surface area contributed by atoms with Crippen molar-refractivity contribution in [2.75, 3.05) is 0 Å². The van der Waals surface area contributed by atoms with Crippen LogP contribution in [0.1, 0.15) is 18.1 Å². The fourth-order valence-corrected chi connectivity index (χ4v) is 1.81. The lowest BCUT2D eigenvalue weighted by atomic mass is 10.0. The van der Waals surface area contributed by atoms with Crippen molar-refractivity contribution in [1.82, 2.24) is 5.32 Å². The number of cyclic esters (lactones) is 1. The summed E-state index contributed by atoms with van der Waals surface area (Å²) in [6.45, 7) is 0. The lowest BCUT2D eigenvalue weighted by Gasteiger charge is -2.10. The first-order valence-electron chi connectivity index (χ1n) is 5.51. The number of amides is 1. The smallest absolute Gasteiger partial charge is 0.456 e. The van der Waals surface area contributed by atoms with Crippen LogP contribution in [0.3, 0.4) is 0 Å². The van der Waals surface area contributed by atoms with Gasteiger partial charge in [0.2, 0.25) is 0 Å². The lowest BCUT2D eigenvalue weighted by Crippen LogP contribution is -2.45. The van der Waals surface area contributed by atoms with Gasteiger partial charge in [-0.05, 0) is 5.56 Å². The van der Waals surface area contributed by atoms with E-state index in [1.54, 1.807) is 35.6 Å². The van der Waals surface area contributed by atoms with E-state index in [4.69, 9.17) is 4.74 Å². The molecule has 1 aliphatic rings. The third kappa shape index (κ3) is 3.04. The Morgan fingerprint density at radius 3 is 2.47 bits per heavy atom. The Bertz CT molecular complexity index is 487. The molecule has 0 saturated carbocycles. The molecular weight excluding hydrogens is 263 g/mol. The van der Waals surface area contributed by atoms with Crippen LogP contribution in [0.15, 0.2) is 30.3 Å². The summed E-state index contributed by atoms with van der Waals surface area (Å²) in [5.74, 6) is -2.99. The van der Waals surface area contributed by atoms with Crippen LogP contribution >= 0.6 is 0 Å². The van der Waals surface area contributed by atoms with Gasteiger partial charge >= 0.3 is 18.1 Å². The van der Waals surface area contributed by atoms with Gasteiger partial charge in [0.15, 0.2) is 0 Å². The summed E-state index contributed by atoms with van der Waals surface area (Å²) in [7, 11) is 0. The summed E-state index contributed by atoms with van der Waals surface area (Å²) in [6, 6.07) is 7.36. The minimum absolute atomic E-state index is 0.00926. The van der Waals surface area contributed by atoms with E-state index in [1.165, 1.54) is 0 Å². The summed E-state index contributed by atoms with van der Waals surface area (Å²) in [4.78, 5) is 22.2. The van der Waals surface area contributed by atoms with Crippen LogP contribution in [-0.4, -0.2) is 24.1 Å². The van der Waals surface area contributed by atoms with Crippen LogP contribution in [0.4, 0.5) is 13.2 Å². The number of hydrogen-bond donors (Lipinski definition) is 1. The van der Waals surface area contributed by atoms with Gasteiger partial charge in [-0.3, -0.25) is 4.79 Å². The van der Waals surface area contributed by atoms with Crippen molar-refractivity contribution >= 4 is 11.9 Å². The Morgan fingerprint density at radius 1 is 1.26 bits per heavy atom. The maximum absolute atomic E-state index is 12.1. The minimum Gasteiger partial charge on any atom is -0.456 e. The zero-order valence-corrected chi connectivity index (χ0v) is 9.61. The SMILES string of the molecule is O=C1O[C@H](c2ccccc2)C[C@@H]1NC(=O)C(F)(F)F. The summed E-state index contributed by atoms with van der Waals surface area (Å²) in [6.07, 6.45) is -5.65. The van der Waals surface area contributed by atoms with Crippen LogP contribution in [0.2, 0.25) is 0 Å². The highest BCUT2D eigenvalue weighted by molar-refractivity contribution is 5.88. The number of nitrogens with one attached hydrogen (secondary N) is 1. The zero-order chi connectivity index (χ0) is 14.0. The number of benzene rings is 1. The second kappa shape index (κ2) is 4.91. The summed E-state index contributed by atoms with van der Waals surface area (Å²) in [5, 5.41) is 1.63. The second-order valence-electron chi connectivity index (χ2n) is 4.10. The molecule has 1 fully saturated rings. The molecule has 1 saturated heterocycles. The molecule has 0 aromatic heterocycles. The zero-order valence-electron chi connectivity index (χ0n) is 9.61. The molecule has 4 nitrogen and oxygen atoms in total. The van der Waals surface area contributed by atoms with Gasteiger partial charge in [-0.15, -0.1) is 0 Å². The molecule has 1 aliphatic heterocycles. The first-order valence-corrected chi connectivity index (χ1v) is 5.51. The molecule has 2 rings (SSSR count). The summed E-state index contributed by atoms with van der Waals surface area (Å²) < 4.78 is 41.2. The van der Waals surface area contributed by atoms with Gasteiger partial charge in [-0.2, -0.15) is 13.2 Å². The van der Waals surface area contributed by atoms with Crippen LogP contribution in [-0.2, 0) is 14.3 Å². The predicted molar refractivity (Wildman–Crippen MR) is 57.9 cm³/mol. The highest BCUT2D eigenvalue weighted by atomic mass is 19.4. The Kier molecular flexibility index (Phi) is 3.46. The van der Waals surface area contributed by atoms with Crippen molar-refractivity contribution in [2.45, 2.75) is 24.7 Å². The quantitative estimate of drug-likeness (QED) is 0.835. The van der Waals surface area contributed by atoms with E-state index in [2.05, 4.69) is 0 Å². The number of esters is 1. The van der Waals surface area contributed by atoms with E-state index >= 15 is 0 Å². The van der Waals surface area contributed by atoms with Crippen molar-refractivity contribution in [3.05, 3.63) is 35.9 Å². The average molecular weight is 273 g/mol. The fraction of sp³-hybridized carbons (Fsp3) is 0.333. The third-order valence-corrected chi connectivity index (χ3v) is 2.73. The van der Waals surface area contributed by atoms with E-state index < -0.39 is 30.2 Å². The Balaban J connectivity index is 2.03. The molecule has 0 unspecified atom stereocenters. The number of halogens is 3. The molecule has 0 aliphatic carbocycles. The summed E-state index contributed by atoms with van der Waals surface area (Å²) in [5.41, 5.74) is 0.680. The van der Waals surface area contributed by atoms with E-state index in [1.807, 2.05) is 0 Å². The molecule has 1 aromatic rings. The van der Waals surface area contributed by atoms with Gasteiger partial charge in [0.1, 0.15) is 12.1 Å². The molecular formula is C12H10F3NO3. The Morgan fingerprint density at radius 2 is 1.89 bits per heavy atom. The number of alkyl halides is 3. The molecule has 7 heteroatoms. The van der Waals surface area contributed by atoms with Crippen molar-refractivity contribution in [1.29, 1.82) is 0 Å². The molecule has 102 valence electrons. The van der Waals surface area contributed by atoms with Gasteiger partial charge in [-0.25, -0.2) is 4.79 Å². The first kappa shape index (κ1) is 13.4. The fourth-order valence-electron chi connectivity index (χ4n) is 1.81. The topological polar surface area (TPSA) is 55.4 Å². The van der Waals surface area contributed by atoms with Crippen LogP contribution in [0.25, 0.3) is 0 Å². The molecule has 0 bridgehead atoms. The predicted octanol–water partition coefficient (Wildman–Crippen LogP) is 1.72. The van der Waals surface area contributed by atoms with Crippen LogP contribution < -0.4 is 5.32 Å². The highest BCUT2D eigenvalue weighted by Gasteiger charge is 2.44. The maximum atomic E-state index is 12.1. The van der Waals surface area contributed by atoms with Gasteiger partial charge in [0.05, 0.1) is 0 Å². The molecule has 1 amide bonds. The number of hydrogen-bond acceptors (Lipinski definition) is 3. The van der Waals surface area contributed by atoms with Gasteiger partial charge in [0.25, 0.3) is 0 Å². The van der Waals surface area contributed by atoms with E-state index in [0.29, 0.717) is 5.56 Å². The Hall–Kier alpha value is -2.05. The average Bonchev–Trinajstić information content (AvgIpc) is 2.71. The number of rotatable bonds is 2. The summed E-state index contributed by atoms with van der Waals surface area (Å²) >= 11 is 0. The van der Waals surface area contributed by atoms with E-state index in [0.717, 1.165) is 0 Å². The van der Waals surface area contributed by atoms with Gasteiger partial charge < -0.3 is 10.1 Å². The third-order valence-electron chi connectivity index (χ3n) is 2.73. The van der Waals surface area contributed by atoms with Crippen molar-refractivity contribution in [3.63, 3.8) is 0 Å². The number of carbonyl (C=O) groups is 2. The minimum atomic E-state index is -5.01. The van der Waals surface area contributed by atoms with Gasteiger partial charge in [-0.1, -0.05) is 30.3 Å². The number of carbonyl (C=O) groups excluding carboxylic acids is 2. The first-order chi connectivity index (χ1) is 8.88. The van der Waals surface area contributed by atoms with Crippen molar-refractivity contribution in [2.24, 2.45) is 0 Å². The molecule has 2 atom stereocenters. The standard InChI is InChI=1S/C12H10F3NO3/c13-12(14,15)11(18)16-8-6-9(19-10(8)17)7-4-2-1-3-5-7/h1-5,8-9H,6H2,(H,16,18)/t8-,9-/m0/s1. The van der Waals surface area contributed by atoms with E-state index in [-0.39, 0.29) is 6.42 Å². The van der Waals surface area contributed by atoms with Crippen LogP contribution in [0.5, 0.6) is 0 Å². The maximum Gasteiger partial charge on any atom is 0.471 e. The molecule has 1 N–H and O–H groups in total. The van der Waals surface area contributed by atoms with Crippen molar-refractivity contribution in [3.8, 4) is 0 Å². The molecule has 0 radical (unpaired) electrons. The molecule has 1 heterocycles. The second-order valence-corrected chi connectivity index (χ2v) is 4.10. The highest BCUT2D eigenvalue weighted by Crippen LogP contribution is 2.30. The van der Waals surface area contributed by atoms with E-state index in [9.17, 15) is 22.8 Å². The monoisotopic (exact) mass is 273 g/mol. The number of ether oxygens (including phenoxy) is 1. The van der Waals surface area contributed by atoms with Crippen molar-refractivity contribution < 1.29 is 27.5 Å².